The number of nitrogens with one attached hydrogen (secondary N) is 1. The molecule has 2 rings (SSSR count). The molecule has 0 aliphatic rings. The molecular weight excluding hydrogens is 275 g/mol. The molecule has 5 nitrogen and oxygen atoms in total. The van der Waals surface area contributed by atoms with Gasteiger partial charge in [-0.1, -0.05) is 0 Å². The zero-order valence-electron chi connectivity index (χ0n) is 11.6. The second kappa shape index (κ2) is 6.13. The Morgan fingerprint density at radius 2 is 1.81 bits per heavy atom. The van der Waals surface area contributed by atoms with Crippen molar-refractivity contribution in [2.24, 2.45) is 0 Å². The van der Waals surface area contributed by atoms with Crippen molar-refractivity contribution in [2.45, 2.75) is 0 Å². The van der Waals surface area contributed by atoms with Crippen LogP contribution >= 0.6 is 0 Å². The summed E-state index contributed by atoms with van der Waals surface area (Å²) in [5.74, 6) is 0.124. The maximum Gasteiger partial charge on any atom is 0.255 e. The summed E-state index contributed by atoms with van der Waals surface area (Å²) in [5.41, 5.74) is 6.52. The summed E-state index contributed by atoms with van der Waals surface area (Å²) in [7, 11) is 2.99. The minimum atomic E-state index is -0.461. The highest BCUT2D eigenvalue weighted by atomic mass is 19.1. The first-order valence-corrected chi connectivity index (χ1v) is 6.13. The van der Waals surface area contributed by atoms with Crippen molar-refractivity contribution in [3.63, 3.8) is 0 Å². The summed E-state index contributed by atoms with van der Waals surface area (Å²) in [6.07, 6.45) is 0. The van der Waals surface area contributed by atoms with Gasteiger partial charge in [-0.15, -0.1) is 0 Å². The molecular formula is C15H15FN2O3. The maximum atomic E-state index is 13.0. The van der Waals surface area contributed by atoms with E-state index < -0.39 is 5.82 Å². The molecule has 3 N–H and O–H groups in total. The van der Waals surface area contributed by atoms with Crippen molar-refractivity contribution in [1.29, 1.82) is 0 Å². The number of halogens is 1. The molecule has 0 bridgehead atoms. The van der Waals surface area contributed by atoms with Crippen LogP contribution in [0.4, 0.5) is 15.8 Å². The molecule has 110 valence electrons. The number of hydrogen-bond donors (Lipinski definition) is 2. The molecule has 0 spiro atoms. The Labute approximate surface area is 121 Å². The zero-order valence-corrected chi connectivity index (χ0v) is 11.6. The number of rotatable bonds is 4. The Morgan fingerprint density at radius 1 is 1.10 bits per heavy atom. The molecule has 2 aromatic carbocycles. The van der Waals surface area contributed by atoms with Gasteiger partial charge in [-0.3, -0.25) is 4.79 Å². The molecule has 0 atom stereocenters. The molecule has 0 fully saturated rings. The van der Waals surface area contributed by atoms with Crippen molar-refractivity contribution in [3.8, 4) is 11.5 Å². The number of amides is 1. The highest BCUT2D eigenvalue weighted by molar-refractivity contribution is 6.06. The van der Waals surface area contributed by atoms with Crippen molar-refractivity contribution >= 4 is 17.3 Å². The standard InChI is InChI=1S/C15H15FN2O3/c1-20-13-6-3-9(7-14(13)21-2)15(19)18-12-5-4-10(16)8-11(12)17/h3-8H,17H2,1-2H3,(H,18,19). The third kappa shape index (κ3) is 3.22. The lowest BCUT2D eigenvalue weighted by Crippen LogP contribution is -2.13. The average molecular weight is 290 g/mol. The van der Waals surface area contributed by atoms with Gasteiger partial charge in [-0.25, -0.2) is 4.39 Å². The number of ether oxygens (including phenoxy) is 2. The lowest BCUT2D eigenvalue weighted by Gasteiger charge is -2.11. The number of benzene rings is 2. The number of methoxy groups -OCH3 is 2. The first kappa shape index (κ1) is 14.6. The van der Waals surface area contributed by atoms with E-state index in [4.69, 9.17) is 15.2 Å². The molecule has 21 heavy (non-hydrogen) atoms. The average Bonchev–Trinajstić information content (AvgIpc) is 2.49. The minimum absolute atomic E-state index is 0.156. The van der Waals surface area contributed by atoms with Crippen molar-refractivity contribution < 1.29 is 18.7 Å². The van der Waals surface area contributed by atoms with Crippen LogP contribution in [0.2, 0.25) is 0 Å². The van der Waals surface area contributed by atoms with E-state index in [2.05, 4.69) is 5.32 Å². The van der Waals surface area contributed by atoms with Crippen molar-refractivity contribution in [3.05, 3.63) is 47.8 Å². The van der Waals surface area contributed by atoms with Gasteiger partial charge in [0.25, 0.3) is 5.91 Å². The molecule has 0 heterocycles. The topological polar surface area (TPSA) is 73.6 Å². The summed E-state index contributed by atoms with van der Waals surface area (Å²) < 4.78 is 23.2. The summed E-state index contributed by atoms with van der Waals surface area (Å²) in [5, 5.41) is 2.62. The van der Waals surface area contributed by atoms with Gasteiger partial charge in [-0.05, 0) is 36.4 Å². The number of anilines is 2. The predicted octanol–water partition coefficient (Wildman–Crippen LogP) is 2.68. The van der Waals surface area contributed by atoms with Crippen LogP contribution in [-0.4, -0.2) is 20.1 Å². The summed E-state index contributed by atoms with van der Waals surface area (Å²) >= 11 is 0. The van der Waals surface area contributed by atoms with E-state index in [1.165, 1.54) is 26.4 Å². The van der Waals surface area contributed by atoms with E-state index in [-0.39, 0.29) is 11.6 Å². The molecule has 0 saturated heterocycles. The number of hydrogen-bond acceptors (Lipinski definition) is 4. The van der Waals surface area contributed by atoms with Gasteiger partial charge in [0.2, 0.25) is 0 Å². The van der Waals surface area contributed by atoms with Gasteiger partial charge in [-0.2, -0.15) is 0 Å². The third-order valence-electron chi connectivity index (χ3n) is 2.91. The smallest absolute Gasteiger partial charge is 0.255 e. The Hall–Kier alpha value is -2.76. The van der Waals surface area contributed by atoms with E-state index in [1.54, 1.807) is 18.2 Å². The first-order valence-electron chi connectivity index (χ1n) is 6.13. The Balaban J connectivity index is 2.24. The molecule has 0 unspecified atom stereocenters. The minimum Gasteiger partial charge on any atom is -0.493 e. The molecule has 1 amide bonds. The van der Waals surface area contributed by atoms with E-state index in [0.29, 0.717) is 22.7 Å². The Morgan fingerprint density at radius 3 is 2.43 bits per heavy atom. The normalized spacial score (nSPS) is 10.0. The van der Waals surface area contributed by atoms with Gasteiger partial charge < -0.3 is 20.5 Å². The van der Waals surface area contributed by atoms with Crippen molar-refractivity contribution in [1.82, 2.24) is 0 Å². The van der Waals surface area contributed by atoms with Crippen LogP contribution in [0.15, 0.2) is 36.4 Å². The van der Waals surface area contributed by atoms with Crippen LogP contribution in [0.3, 0.4) is 0 Å². The summed E-state index contributed by atoms with van der Waals surface area (Å²) in [6, 6.07) is 8.54. The fourth-order valence-corrected chi connectivity index (χ4v) is 1.82. The van der Waals surface area contributed by atoms with E-state index >= 15 is 0 Å². The van der Waals surface area contributed by atoms with Crippen LogP contribution in [0.1, 0.15) is 10.4 Å². The van der Waals surface area contributed by atoms with Gasteiger partial charge in [0.05, 0.1) is 25.6 Å². The fraction of sp³-hybridized carbons (Fsp3) is 0.133. The molecule has 2 aromatic rings. The maximum absolute atomic E-state index is 13.0. The van der Waals surface area contributed by atoms with Crippen LogP contribution in [0.5, 0.6) is 11.5 Å². The fourth-order valence-electron chi connectivity index (χ4n) is 1.82. The van der Waals surface area contributed by atoms with Crippen LogP contribution in [0, 0.1) is 5.82 Å². The van der Waals surface area contributed by atoms with Crippen LogP contribution in [0.25, 0.3) is 0 Å². The predicted molar refractivity (Wildman–Crippen MR) is 78.3 cm³/mol. The first-order chi connectivity index (χ1) is 10.0. The van der Waals surface area contributed by atoms with Gasteiger partial charge in [0.1, 0.15) is 5.82 Å². The summed E-state index contributed by atoms with van der Waals surface area (Å²) in [6.45, 7) is 0. The second-order valence-electron chi connectivity index (χ2n) is 4.26. The highest BCUT2D eigenvalue weighted by Gasteiger charge is 2.12. The molecule has 0 saturated carbocycles. The SMILES string of the molecule is COc1ccc(C(=O)Nc2ccc(F)cc2N)cc1OC. The monoisotopic (exact) mass is 290 g/mol. The van der Waals surface area contributed by atoms with Gasteiger partial charge >= 0.3 is 0 Å². The van der Waals surface area contributed by atoms with Crippen molar-refractivity contribution in [2.75, 3.05) is 25.3 Å². The zero-order chi connectivity index (χ0) is 15.4. The molecule has 0 aliphatic heterocycles. The number of nitrogen functional groups attached to an aromatic ring is 1. The van der Waals surface area contributed by atoms with E-state index in [1.807, 2.05) is 0 Å². The molecule has 0 aliphatic carbocycles. The number of carbonyl (C=O) groups is 1. The van der Waals surface area contributed by atoms with Crippen LogP contribution < -0.4 is 20.5 Å². The van der Waals surface area contributed by atoms with E-state index in [0.717, 1.165) is 6.07 Å². The summed E-state index contributed by atoms with van der Waals surface area (Å²) in [4.78, 5) is 12.2. The molecule has 6 heteroatoms. The van der Waals surface area contributed by atoms with Crippen LogP contribution in [-0.2, 0) is 0 Å². The number of carbonyl (C=O) groups excluding carboxylic acids is 1. The molecule has 0 radical (unpaired) electrons. The van der Waals surface area contributed by atoms with Gasteiger partial charge in [0, 0.05) is 5.56 Å². The highest BCUT2D eigenvalue weighted by Crippen LogP contribution is 2.28. The largest absolute Gasteiger partial charge is 0.493 e. The van der Waals surface area contributed by atoms with E-state index in [9.17, 15) is 9.18 Å². The molecule has 0 aromatic heterocycles. The number of nitrogens with two attached hydrogens (primary N) is 1. The quantitative estimate of drug-likeness (QED) is 0.849. The lowest BCUT2D eigenvalue weighted by molar-refractivity contribution is 0.102. The van der Waals surface area contributed by atoms with Gasteiger partial charge in [0.15, 0.2) is 11.5 Å². The second-order valence-corrected chi connectivity index (χ2v) is 4.26. The Kier molecular flexibility index (Phi) is 4.27. The Bertz CT molecular complexity index is 674. The lowest BCUT2D eigenvalue weighted by atomic mass is 10.1. The third-order valence-corrected chi connectivity index (χ3v) is 2.91.